The Hall–Kier alpha value is -0.380. The summed E-state index contributed by atoms with van der Waals surface area (Å²) in [5, 5.41) is 0. The first kappa shape index (κ1) is 13.7. The summed E-state index contributed by atoms with van der Waals surface area (Å²) in [6.07, 6.45) is 2.03. The van der Waals surface area contributed by atoms with E-state index < -0.39 is 0 Å². The minimum absolute atomic E-state index is 0.295. The fourth-order valence-electron chi connectivity index (χ4n) is 1.88. The molecule has 90 valence electrons. The highest BCUT2D eigenvalue weighted by Gasteiger charge is 2.17. The molecule has 1 rings (SSSR count). The maximum absolute atomic E-state index is 5.60. The van der Waals surface area contributed by atoms with E-state index in [1.807, 2.05) is 6.07 Å². The number of halogens is 1. The zero-order valence-corrected chi connectivity index (χ0v) is 11.8. The first-order valence-corrected chi connectivity index (χ1v) is 6.40. The van der Waals surface area contributed by atoms with E-state index in [1.165, 1.54) is 5.56 Å². The van der Waals surface area contributed by atoms with Gasteiger partial charge < -0.3 is 0 Å². The maximum atomic E-state index is 5.60. The van der Waals surface area contributed by atoms with Crippen molar-refractivity contribution in [1.82, 2.24) is 5.43 Å². The molecule has 3 heteroatoms. The van der Waals surface area contributed by atoms with Gasteiger partial charge in [-0.3, -0.25) is 11.3 Å². The standard InChI is InChI=1S/C13H21BrN2/c1-13(2,3)9-12(16-15)8-10-5-4-6-11(14)7-10/h4-7,12,16H,8-9,15H2,1-3H3. The predicted molar refractivity (Wildman–Crippen MR) is 73.0 cm³/mol. The molecule has 1 unspecified atom stereocenters. The Morgan fingerprint density at radius 3 is 2.56 bits per heavy atom. The molecule has 16 heavy (non-hydrogen) atoms. The topological polar surface area (TPSA) is 38.0 Å². The second-order valence-electron chi connectivity index (χ2n) is 5.46. The fourth-order valence-corrected chi connectivity index (χ4v) is 2.32. The lowest BCUT2D eigenvalue weighted by Gasteiger charge is -2.25. The molecule has 0 heterocycles. The number of nitrogens with one attached hydrogen (secondary N) is 1. The molecule has 0 amide bonds. The van der Waals surface area contributed by atoms with Crippen LogP contribution in [0.1, 0.15) is 32.8 Å². The molecule has 0 fully saturated rings. The van der Waals surface area contributed by atoms with Gasteiger partial charge in [0, 0.05) is 10.5 Å². The van der Waals surface area contributed by atoms with Crippen molar-refractivity contribution < 1.29 is 0 Å². The average Bonchev–Trinajstić information content (AvgIpc) is 2.14. The Bertz CT molecular complexity index is 331. The third kappa shape index (κ3) is 5.10. The molecule has 2 nitrogen and oxygen atoms in total. The Labute approximate surface area is 107 Å². The average molecular weight is 285 g/mol. The smallest absolute Gasteiger partial charge is 0.0255 e. The number of hydrogen-bond donors (Lipinski definition) is 2. The van der Waals surface area contributed by atoms with E-state index in [-0.39, 0.29) is 0 Å². The highest BCUT2D eigenvalue weighted by atomic mass is 79.9. The Morgan fingerprint density at radius 1 is 1.38 bits per heavy atom. The van der Waals surface area contributed by atoms with Crippen molar-refractivity contribution in [3.8, 4) is 0 Å². The van der Waals surface area contributed by atoms with Crippen LogP contribution in [-0.2, 0) is 6.42 Å². The summed E-state index contributed by atoms with van der Waals surface area (Å²) in [6.45, 7) is 6.70. The second-order valence-corrected chi connectivity index (χ2v) is 6.38. The van der Waals surface area contributed by atoms with Crippen molar-refractivity contribution in [3.63, 3.8) is 0 Å². The molecule has 0 saturated heterocycles. The van der Waals surface area contributed by atoms with Gasteiger partial charge in [0.15, 0.2) is 0 Å². The number of hydrogen-bond acceptors (Lipinski definition) is 2. The predicted octanol–water partition coefficient (Wildman–Crippen LogP) is 3.26. The van der Waals surface area contributed by atoms with Crippen LogP contribution in [-0.4, -0.2) is 6.04 Å². The van der Waals surface area contributed by atoms with Gasteiger partial charge in [0.2, 0.25) is 0 Å². The molecule has 0 radical (unpaired) electrons. The van der Waals surface area contributed by atoms with Crippen molar-refractivity contribution in [2.75, 3.05) is 0 Å². The lowest BCUT2D eigenvalue weighted by Crippen LogP contribution is -2.39. The van der Waals surface area contributed by atoms with Gasteiger partial charge in [0.25, 0.3) is 0 Å². The van der Waals surface area contributed by atoms with E-state index in [0.717, 1.165) is 17.3 Å². The van der Waals surface area contributed by atoms with Gasteiger partial charge in [-0.2, -0.15) is 0 Å². The van der Waals surface area contributed by atoms with Crippen LogP contribution < -0.4 is 11.3 Å². The fraction of sp³-hybridized carbons (Fsp3) is 0.538. The monoisotopic (exact) mass is 284 g/mol. The van der Waals surface area contributed by atoms with Crippen molar-refractivity contribution in [2.45, 2.75) is 39.7 Å². The number of benzene rings is 1. The minimum Gasteiger partial charge on any atom is -0.271 e. The first-order valence-electron chi connectivity index (χ1n) is 5.61. The zero-order valence-electron chi connectivity index (χ0n) is 10.3. The quantitative estimate of drug-likeness (QED) is 0.658. The molecular formula is C13H21BrN2. The van der Waals surface area contributed by atoms with Crippen LogP contribution in [0.3, 0.4) is 0 Å². The van der Waals surface area contributed by atoms with E-state index >= 15 is 0 Å². The van der Waals surface area contributed by atoms with E-state index in [0.29, 0.717) is 11.5 Å². The summed E-state index contributed by atoms with van der Waals surface area (Å²) in [7, 11) is 0. The Balaban J connectivity index is 2.63. The summed E-state index contributed by atoms with van der Waals surface area (Å²) in [5.74, 6) is 5.60. The van der Waals surface area contributed by atoms with Crippen molar-refractivity contribution in [1.29, 1.82) is 0 Å². The van der Waals surface area contributed by atoms with Crippen molar-refractivity contribution >= 4 is 15.9 Å². The second kappa shape index (κ2) is 5.80. The molecule has 0 aliphatic heterocycles. The van der Waals surface area contributed by atoms with Crippen LogP contribution in [0, 0.1) is 5.41 Å². The molecule has 0 aliphatic carbocycles. The van der Waals surface area contributed by atoms with Gasteiger partial charge >= 0.3 is 0 Å². The molecule has 1 aromatic rings. The summed E-state index contributed by atoms with van der Waals surface area (Å²) in [4.78, 5) is 0. The normalized spacial score (nSPS) is 13.8. The van der Waals surface area contributed by atoms with Crippen LogP contribution in [0.5, 0.6) is 0 Å². The molecule has 0 spiro atoms. The molecule has 3 N–H and O–H groups in total. The zero-order chi connectivity index (χ0) is 12.2. The molecular weight excluding hydrogens is 264 g/mol. The maximum Gasteiger partial charge on any atom is 0.0255 e. The first-order chi connectivity index (χ1) is 7.40. The van der Waals surface area contributed by atoms with Gasteiger partial charge in [-0.05, 0) is 36.0 Å². The molecule has 1 atom stereocenters. The molecule has 0 aromatic heterocycles. The highest BCUT2D eigenvalue weighted by Crippen LogP contribution is 2.23. The number of rotatable bonds is 4. The van der Waals surface area contributed by atoms with Crippen LogP contribution in [0.4, 0.5) is 0 Å². The SMILES string of the molecule is CC(C)(C)CC(Cc1cccc(Br)c1)NN. The van der Waals surface area contributed by atoms with E-state index in [1.54, 1.807) is 0 Å². The lowest BCUT2D eigenvalue weighted by molar-refractivity contribution is 0.308. The van der Waals surface area contributed by atoms with E-state index in [2.05, 4.69) is 60.3 Å². The van der Waals surface area contributed by atoms with Gasteiger partial charge in [-0.15, -0.1) is 0 Å². The Kier molecular flexibility index (Phi) is 4.96. The van der Waals surface area contributed by atoms with Crippen LogP contribution >= 0.6 is 15.9 Å². The summed E-state index contributed by atoms with van der Waals surface area (Å²) in [6, 6.07) is 8.71. The van der Waals surface area contributed by atoms with Crippen molar-refractivity contribution in [3.05, 3.63) is 34.3 Å². The largest absolute Gasteiger partial charge is 0.271 e. The summed E-state index contributed by atoms with van der Waals surface area (Å²) < 4.78 is 1.12. The third-order valence-electron chi connectivity index (χ3n) is 2.47. The van der Waals surface area contributed by atoms with E-state index in [9.17, 15) is 0 Å². The molecule has 0 saturated carbocycles. The van der Waals surface area contributed by atoms with Gasteiger partial charge in [0.1, 0.15) is 0 Å². The van der Waals surface area contributed by atoms with Crippen LogP contribution in [0.25, 0.3) is 0 Å². The molecule has 0 bridgehead atoms. The summed E-state index contributed by atoms with van der Waals surface area (Å²) in [5.41, 5.74) is 4.51. The van der Waals surface area contributed by atoms with E-state index in [4.69, 9.17) is 5.84 Å². The van der Waals surface area contributed by atoms with Crippen LogP contribution in [0.15, 0.2) is 28.7 Å². The summed E-state index contributed by atoms with van der Waals surface area (Å²) >= 11 is 3.48. The molecule has 1 aromatic carbocycles. The number of nitrogens with two attached hydrogens (primary N) is 1. The minimum atomic E-state index is 0.295. The lowest BCUT2D eigenvalue weighted by atomic mass is 9.86. The highest BCUT2D eigenvalue weighted by molar-refractivity contribution is 9.10. The van der Waals surface area contributed by atoms with Gasteiger partial charge in [-0.1, -0.05) is 48.8 Å². The van der Waals surface area contributed by atoms with Gasteiger partial charge in [-0.25, -0.2) is 0 Å². The molecule has 0 aliphatic rings. The van der Waals surface area contributed by atoms with Crippen LogP contribution in [0.2, 0.25) is 0 Å². The number of hydrazine groups is 1. The van der Waals surface area contributed by atoms with Gasteiger partial charge in [0.05, 0.1) is 0 Å². The Morgan fingerprint density at radius 2 is 2.06 bits per heavy atom. The van der Waals surface area contributed by atoms with Crippen molar-refractivity contribution in [2.24, 2.45) is 11.3 Å². The third-order valence-corrected chi connectivity index (χ3v) is 2.96.